The first-order valence-electron chi connectivity index (χ1n) is 9.28. The van der Waals surface area contributed by atoms with Crippen molar-refractivity contribution in [3.05, 3.63) is 52.3 Å². The van der Waals surface area contributed by atoms with Crippen molar-refractivity contribution in [1.82, 2.24) is 9.97 Å². The van der Waals surface area contributed by atoms with Gasteiger partial charge in [-0.2, -0.15) is 13.2 Å². The summed E-state index contributed by atoms with van der Waals surface area (Å²) in [5, 5.41) is 6.93. The average molecular weight is 390 g/mol. The monoisotopic (exact) mass is 390 g/mol. The molecule has 1 aliphatic carbocycles. The SMILES string of the molecule is [N-]=[N+]=NCc1ncc(-c2ccc(C(F)(F)F)cc2)c(NC2CCCCCC2)n1. The van der Waals surface area contributed by atoms with E-state index in [4.69, 9.17) is 5.53 Å². The van der Waals surface area contributed by atoms with Crippen LogP contribution in [0.2, 0.25) is 0 Å². The lowest BCUT2D eigenvalue weighted by molar-refractivity contribution is -0.137. The van der Waals surface area contributed by atoms with Crippen molar-refractivity contribution in [3.63, 3.8) is 0 Å². The molecule has 0 amide bonds. The summed E-state index contributed by atoms with van der Waals surface area (Å²) in [6.07, 6.45) is 3.89. The molecule has 0 bridgehead atoms. The number of hydrogen-bond donors (Lipinski definition) is 1. The van der Waals surface area contributed by atoms with Crippen molar-refractivity contribution in [2.45, 2.75) is 57.3 Å². The maximum Gasteiger partial charge on any atom is 0.416 e. The van der Waals surface area contributed by atoms with Crippen LogP contribution in [0.5, 0.6) is 0 Å². The van der Waals surface area contributed by atoms with E-state index in [0.717, 1.165) is 37.8 Å². The lowest BCUT2D eigenvalue weighted by Crippen LogP contribution is -2.20. The Morgan fingerprint density at radius 2 is 1.79 bits per heavy atom. The molecule has 1 N–H and O–H groups in total. The molecule has 0 atom stereocenters. The maximum atomic E-state index is 12.8. The van der Waals surface area contributed by atoms with E-state index >= 15 is 0 Å². The smallest absolute Gasteiger partial charge is 0.367 e. The highest BCUT2D eigenvalue weighted by atomic mass is 19.4. The molecule has 0 spiro atoms. The molecular formula is C19H21F3N6. The lowest BCUT2D eigenvalue weighted by Gasteiger charge is -2.20. The Hall–Kier alpha value is -2.80. The number of alkyl halides is 3. The third-order valence-corrected chi connectivity index (χ3v) is 4.83. The van der Waals surface area contributed by atoms with Gasteiger partial charge in [0.15, 0.2) is 0 Å². The summed E-state index contributed by atoms with van der Waals surface area (Å²) in [6, 6.07) is 5.20. The van der Waals surface area contributed by atoms with Gasteiger partial charge in [-0.1, -0.05) is 42.9 Å². The van der Waals surface area contributed by atoms with Crippen molar-refractivity contribution >= 4 is 5.82 Å². The summed E-state index contributed by atoms with van der Waals surface area (Å²) in [4.78, 5) is 11.4. The number of azide groups is 1. The Morgan fingerprint density at radius 1 is 1.11 bits per heavy atom. The Morgan fingerprint density at radius 3 is 2.39 bits per heavy atom. The molecule has 0 unspecified atom stereocenters. The minimum atomic E-state index is -4.38. The van der Waals surface area contributed by atoms with E-state index in [1.807, 2.05) is 0 Å². The second kappa shape index (κ2) is 8.93. The molecular weight excluding hydrogens is 369 g/mol. The van der Waals surface area contributed by atoms with Crippen molar-refractivity contribution in [2.24, 2.45) is 5.11 Å². The van der Waals surface area contributed by atoms with Gasteiger partial charge in [0.25, 0.3) is 0 Å². The van der Waals surface area contributed by atoms with Crippen molar-refractivity contribution in [1.29, 1.82) is 0 Å². The van der Waals surface area contributed by atoms with Crippen molar-refractivity contribution in [2.75, 3.05) is 5.32 Å². The fraction of sp³-hybridized carbons (Fsp3) is 0.474. The van der Waals surface area contributed by atoms with Gasteiger partial charge in [0, 0.05) is 22.7 Å². The van der Waals surface area contributed by atoms with Crippen molar-refractivity contribution in [3.8, 4) is 11.1 Å². The van der Waals surface area contributed by atoms with Crippen molar-refractivity contribution < 1.29 is 13.2 Å². The number of halogens is 3. The van der Waals surface area contributed by atoms with Crippen LogP contribution in [0.25, 0.3) is 21.6 Å². The molecule has 6 nitrogen and oxygen atoms in total. The predicted molar refractivity (Wildman–Crippen MR) is 100 cm³/mol. The first-order valence-corrected chi connectivity index (χ1v) is 9.28. The Balaban J connectivity index is 1.92. The summed E-state index contributed by atoms with van der Waals surface area (Å²) < 4.78 is 38.5. The highest BCUT2D eigenvalue weighted by Crippen LogP contribution is 2.33. The highest BCUT2D eigenvalue weighted by Gasteiger charge is 2.30. The zero-order chi connectivity index (χ0) is 20.0. The molecule has 148 valence electrons. The number of aromatic nitrogens is 2. The van der Waals surface area contributed by atoms with E-state index in [0.29, 0.717) is 22.8 Å². The second-order valence-electron chi connectivity index (χ2n) is 6.85. The zero-order valence-corrected chi connectivity index (χ0v) is 15.3. The van der Waals surface area contributed by atoms with E-state index in [-0.39, 0.29) is 12.6 Å². The van der Waals surface area contributed by atoms with Gasteiger partial charge in [0.1, 0.15) is 11.6 Å². The van der Waals surface area contributed by atoms with E-state index in [2.05, 4.69) is 25.3 Å². The molecule has 1 aromatic carbocycles. The van der Waals surface area contributed by atoms with Gasteiger partial charge >= 0.3 is 6.18 Å². The third-order valence-electron chi connectivity index (χ3n) is 4.83. The summed E-state index contributed by atoms with van der Waals surface area (Å²) in [7, 11) is 0. The van der Waals surface area contributed by atoms with Gasteiger partial charge in [-0.3, -0.25) is 0 Å². The molecule has 9 heteroatoms. The molecule has 3 rings (SSSR count). The second-order valence-corrected chi connectivity index (χ2v) is 6.85. The molecule has 0 saturated heterocycles. The first-order chi connectivity index (χ1) is 13.5. The summed E-state index contributed by atoms with van der Waals surface area (Å²) in [6.45, 7) is 0.0170. The fourth-order valence-electron chi connectivity index (χ4n) is 3.37. The normalized spacial score (nSPS) is 15.5. The van der Waals surface area contributed by atoms with Crippen LogP contribution in [-0.4, -0.2) is 16.0 Å². The highest BCUT2D eigenvalue weighted by molar-refractivity contribution is 5.74. The van der Waals surface area contributed by atoms with Crippen LogP contribution in [0.4, 0.5) is 19.0 Å². The Kier molecular flexibility index (Phi) is 6.36. The average Bonchev–Trinajstić information content (AvgIpc) is 2.95. The number of benzene rings is 1. The Bertz CT molecular complexity index is 836. The zero-order valence-electron chi connectivity index (χ0n) is 15.3. The standard InChI is InChI=1S/C19H21F3N6/c20-19(21,22)14-9-7-13(8-10-14)16-11-24-17(12-25-28-23)27-18(16)26-15-5-3-1-2-4-6-15/h7-11,15H,1-6,12H2,(H,24,26,27). The van der Waals surface area contributed by atoms with Crippen LogP contribution in [0.15, 0.2) is 35.6 Å². The van der Waals surface area contributed by atoms with Crippen LogP contribution in [0.3, 0.4) is 0 Å². The van der Waals surface area contributed by atoms with Crippen LogP contribution in [-0.2, 0) is 12.7 Å². The van der Waals surface area contributed by atoms with E-state index in [9.17, 15) is 13.2 Å². The number of rotatable bonds is 5. The van der Waals surface area contributed by atoms with E-state index in [1.165, 1.54) is 25.0 Å². The minimum absolute atomic E-state index is 0.0170. The van der Waals surface area contributed by atoms with Gasteiger partial charge in [-0.05, 0) is 36.1 Å². The molecule has 1 saturated carbocycles. The predicted octanol–water partition coefficient (Wildman–Crippen LogP) is 6.11. The molecule has 0 aliphatic heterocycles. The lowest BCUT2D eigenvalue weighted by atomic mass is 10.0. The topological polar surface area (TPSA) is 86.6 Å². The summed E-state index contributed by atoms with van der Waals surface area (Å²) in [5.41, 5.74) is 9.03. The van der Waals surface area contributed by atoms with E-state index < -0.39 is 11.7 Å². The van der Waals surface area contributed by atoms with Gasteiger partial charge in [-0.25, -0.2) is 9.97 Å². The van der Waals surface area contributed by atoms with Crippen LogP contribution >= 0.6 is 0 Å². The van der Waals surface area contributed by atoms with Gasteiger partial charge in [0.2, 0.25) is 0 Å². The molecule has 1 fully saturated rings. The minimum Gasteiger partial charge on any atom is -0.367 e. The largest absolute Gasteiger partial charge is 0.416 e. The quantitative estimate of drug-likeness (QED) is 0.289. The van der Waals surface area contributed by atoms with Crippen LogP contribution in [0, 0.1) is 0 Å². The molecule has 1 aliphatic rings. The molecule has 1 heterocycles. The third kappa shape index (κ3) is 5.13. The maximum absolute atomic E-state index is 12.8. The van der Waals surface area contributed by atoms with Gasteiger partial charge in [-0.15, -0.1) is 0 Å². The van der Waals surface area contributed by atoms with Gasteiger partial charge < -0.3 is 5.32 Å². The Labute approximate surface area is 160 Å². The van der Waals surface area contributed by atoms with Crippen LogP contribution in [0.1, 0.15) is 49.9 Å². The number of nitrogens with one attached hydrogen (secondary N) is 1. The molecule has 2 aromatic rings. The molecule has 0 radical (unpaired) electrons. The number of hydrogen-bond acceptors (Lipinski definition) is 4. The summed E-state index contributed by atoms with van der Waals surface area (Å²) >= 11 is 0. The molecule has 1 aromatic heterocycles. The number of anilines is 1. The number of nitrogens with zero attached hydrogens (tertiary/aromatic N) is 5. The van der Waals surface area contributed by atoms with Gasteiger partial charge in [0.05, 0.1) is 12.1 Å². The van der Waals surface area contributed by atoms with E-state index in [1.54, 1.807) is 6.20 Å². The summed E-state index contributed by atoms with van der Waals surface area (Å²) in [5.74, 6) is 0.925. The first kappa shape index (κ1) is 19.9. The van der Waals surface area contributed by atoms with Crippen LogP contribution < -0.4 is 5.32 Å². The molecule has 28 heavy (non-hydrogen) atoms. The fourth-order valence-corrected chi connectivity index (χ4v) is 3.37.